The number of β-amino-alcohol motifs (C(OH)–C–C–N with tert-alkyl or cyclic N) is 1. The van der Waals surface area contributed by atoms with E-state index in [0.29, 0.717) is 19.6 Å². The van der Waals surface area contributed by atoms with E-state index in [1.165, 1.54) is 0 Å². The van der Waals surface area contributed by atoms with Gasteiger partial charge in [-0.3, -0.25) is 9.69 Å². The van der Waals surface area contributed by atoms with E-state index in [2.05, 4.69) is 0 Å². The van der Waals surface area contributed by atoms with Gasteiger partial charge in [-0.05, 0) is 33.2 Å². The van der Waals surface area contributed by atoms with E-state index < -0.39 is 6.10 Å². The number of aliphatic hydroxyl groups excluding tert-OH is 1. The Labute approximate surface area is 103 Å². The average Bonchev–Trinajstić information content (AvgIpc) is 2.21. The molecule has 1 saturated heterocycles. The van der Waals surface area contributed by atoms with E-state index in [1.807, 2.05) is 11.8 Å². The van der Waals surface area contributed by atoms with Crippen molar-refractivity contribution >= 4 is 5.97 Å². The first kappa shape index (κ1) is 14.4. The number of carbonyl (C=O) groups excluding carboxylic acids is 1. The highest BCUT2D eigenvalue weighted by atomic mass is 16.5. The second kappa shape index (κ2) is 6.93. The lowest BCUT2D eigenvalue weighted by molar-refractivity contribution is -0.166. The predicted octanol–water partition coefficient (Wildman–Crippen LogP) is 0.112. The molecule has 0 aromatic carbocycles. The van der Waals surface area contributed by atoms with Gasteiger partial charge in [0, 0.05) is 13.1 Å². The number of hydrogen-bond donors (Lipinski definition) is 2. The van der Waals surface area contributed by atoms with Gasteiger partial charge in [-0.25, -0.2) is 0 Å². The van der Waals surface area contributed by atoms with Crippen molar-refractivity contribution in [3.05, 3.63) is 0 Å². The maximum Gasteiger partial charge on any atom is 0.323 e. The number of cyclic esters (lactones) is 1. The van der Waals surface area contributed by atoms with Crippen LogP contribution in [0.5, 0.6) is 0 Å². The highest BCUT2D eigenvalue weighted by Crippen LogP contribution is 2.18. The molecular weight excluding hydrogens is 220 g/mol. The summed E-state index contributed by atoms with van der Waals surface area (Å²) in [5, 5.41) is 9.45. The summed E-state index contributed by atoms with van der Waals surface area (Å²) in [6.45, 7) is 5.48. The molecule has 1 heterocycles. The van der Waals surface area contributed by atoms with Crippen molar-refractivity contribution in [1.82, 2.24) is 4.90 Å². The minimum atomic E-state index is -0.426. The summed E-state index contributed by atoms with van der Waals surface area (Å²) in [7, 11) is 0. The topological polar surface area (TPSA) is 75.8 Å². The molecule has 3 atom stereocenters. The fraction of sp³-hybridized carbons (Fsp3) is 0.917. The van der Waals surface area contributed by atoms with Crippen LogP contribution < -0.4 is 5.73 Å². The zero-order valence-electron chi connectivity index (χ0n) is 10.8. The first-order valence-electron chi connectivity index (χ1n) is 6.37. The summed E-state index contributed by atoms with van der Waals surface area (Å²) >= 11 is 0. The summed E-state index contributed by atoms with van der Waals surface area (Å²) in [6.07, 6.45) is 2.08. The molecule has 0 radical (unpaired) electrons. The van der Waals surface area contributed by atoms with Gasteiger partial charge in [0.15, 0.2) is 0 Å². The molecule has 0 amide bonds. The Balaban J connectivity index is 2.55. The van der Waals surface area contributed by atoms with Crippen molar-refractivity contribution in [2.45, 2.75) is 51.4 Å². The molecule has 0 aromatic rings. The van der Waals surface area contributed by atoms with Gasteiger partial charge in [0.25, 0.3) is 0 Å². The largest absolute Gasteiger partial charge is 0.460 e. The summed E-state index contributed by atoms with van der Waals surface area (Å²) < 4.78 is 5.25. The summed E-state index contributed by atoms with van der Waals surface area (Å²) in [4.78, 5) is 13.8. The van der Waals surface area contributed by atoms with E-state index >= 15 is 0 Å². The molecule has 0 aliphatic carbocycles. The molecule has 0 spiro atoms. The van der Waals surface area contributed by atoms with Crippen LogP contribution in [0.4, 0.5) is 0 Å². The molecule has 1 aliphatic rings. The number of ether oxygens (including phenoxy) is 1. The van der Waals surface area contributed by atoms with Crippen LogP contribution in [0.15, 0.2) is 0 Å². The average molecular weight is 244 g/mol. The van der Waals surface area contributed by atoms with Crippen molar-refractivity contribution in [1.29, 1.82) is 0 Å². The molecule has 17 heavy (non-hydrogen) atoms. The number of rotatable bonds is 6. The Morgan fingerprint density at radius 1 is 1.59 bits per heavy atom. The maximum atomic E-state index is 11.8. The third-order valence-electron chi connectivity index (χ3n) is 2.95. The normalized spacial score (nSPS) is 27.9. The first-order valence-corrected chi connectivity index (χ1v) is 6.37. The Hall–Kier alpha value is -0.650. The molecule has 1 rings (SSSR count). The quantitative estimate of drug-likeness (QED) is 0.512. The third-order valence-corrected chi connectivity index (χ3v) is 2.95. The molecule has 5 nitrogen and oxygen atoms in total. The summed E-state index contributed by atoms with van der Waals surface area (Å²) in [5.41, 5.74) is 5.45. The fourth-order valence-corrected chi connectivity index (χ4v) is 2.24. The standard InChI is InChI=1S/C12H24N2O3/c1-9(15)7-14-8-10(2)17-12(16)11(14)5-3-4-6-13/h9-11,15H,3-8,13H2,1-2H3. The van der Waals surface area contributed by atoms with Gasteiger partial charge in [-0.15, -0.1) is 0 Å². The Morgan fingerprint density at radius 3 is 2.88 bits per heavy atom. The number of nitrogens with two attached hydrogens (primary N) is 1. The zero-order chi connectivity index (χ0) is 12.8. The van der Waals surface area contributed by atoms with Crippen LogP contribution in [-0.4, -0.2) is 53.9 Å². The summed E-state index contributed by atoms with van der Waals surface area (Å²) in [6, 6.07) is -0.215. The highest BCUT2D eigenvalue weighted by molar-refractivity contribution is 5.76. The van der Waals surface area contributed by atoms with E-state index in [-0.39, 0.29) is 18.1 Å². The number of hydrogen-bond acceptors (Lipinski definition) is 5. The van der Waals surface area contributed by atoms with Crippen molar-refractivity contribution in [2.75, 3.05) is 19.6 Å². The van der Waals surface area contributed by atoms with Crippen LogP contribution in [0.25, 0.3) is 0 Å². The Morgan fingerprint density at radius 2 is 2.29 bits per heavy atom. The van der Waals surface area contributed by atoms with Crippen LogP contribution in [0.1, 0.15) is 33.1 Å². The third kappa shape index (κ3) is 4.61. The van der Waals surface area contributed by atoms with Crippen molar-refractivity contribution < 1.29 is 14.6 Å². The molecule has 5 heteroatoms. The maximum absolute atomic E-state index is 11.8. The van der Waals surface area contributed by atoms with E-state index in [0.717, 1.165) is 19.3 Å². The zero-order valence-corrected chi connectivity index (χ0v) is 10.8. The van der Waals surface area contributed by atoms with Gasteiger partial charge in [0.2, 0.25) is 0 Å². The number of aliphatic hydroxyl groups is 1. The van der Waals surface area contributed by atoms with Gasteiger partial charge >= 0.3 is 5.97 Å². The molecular formula is C12H24N2O3. The highest BCUT2D eigenvalue weighted by Gasteiger charge is 2.34. The van der Waals surface area contributed by atoms with E-state index in [4.69, 9.17) is 10.5 Å². The van der Waals surface area contributed by atoms with Crippen LogP contribution in [0.3, 0.4) is 0 Å². The lowest BCUT2D eigenvalue weighted by Crippen LogP contribution is -2.53. The molecule has 100 valence electrons. The van der Waals surface area contributed by atoms with Gasteiger partial charge < -0.3 is 15.6 Å². The van der Waals surface area contributed by atoms with Crippen LogP contribution in [0, 0.1) is 0 Å². The molecule has 3 N–H and O–H groups in total. The van der Waals surface area contributed by atoms with Gasteiger partial charge in [0.1, 0.15) is 12.1 Å². The molecule has 0 bridgehead atoms. The lowest BCUT2D eigenvalue weighted by Gasteiger charge is -2.37. The lowest BCUT2D eigenvalue weighted by atomic mass is 10.0. The summed E-state index contributed by atoms with van der Waals surface area (Å²) in [5.74, 6) is -0.165. The minimum absolute atomic E-state index is 0.0907. The van der Waals surface area contributed by atoms with Gasteiger partial charge in [-0.2, -0.15) is 0 Å². The molecule has 3 unspecified atom stereocenters. The number of nitrogens with zero attached hydrogens (tertiary/aromatic N) is 1. The smallest absolute Gasteiger partial charge is 0.323 e. The predicted molar refractivity (Wildman–Crippen MR) is 65.5 cm³/mol. The SMILES string of the molecule is CC(O)CN1CC(C)OC(=O)C1CCCCN. The monoisotopic (exact) mass is 244 g/mol. The van der Waals surface area contributed by atoms with Crippen LogP contribution in [-0.2, 0) is 9.53 Å². The van der Waals surface area contributed by atoms with Crippen LogP contribution >= 0.6 is 0 Å². The van der Waals surface area contributed by atoms with E-state index in [1.54, 1.807) is 6.92 Å². The number of morpholine rings is 1. The van der Waals surface area contributed by atoms with Crippen molar-refractivity contribution in [3.8, 4) is 0 Å². The van der Waals surface area contributed by atoms with Crippen molar-refractivity contribution in [2.24, 2.45) is 5.73 Å². The fourth-order valence-electron chi connectivity index (χ4n) is 2.24. The second-order valence-corrected chi connectivity index (χ2v) is 4.85. The molecule has 0 aromatic heterocycles. The molecule has 1 aliphatic heterocycles. The van der Waals surface area contributed by atoms with Gasteiger partial charge in [-0.1, -0.05) is 6.42 Å². The van der Waals surface area contributed by atoms with E-state index in [9.17, 15) is 9.90 Å². The number of unbranched alkanes of at least 4 members (excludes halogenated alkanes) is 1. The number of carbonyl (C=O) groups is 1. The van der Waals surface area contributed by atoms with Gasteiger partial charge in [0.05, 0.1) is 6.10 Å². The Kier molecular flexibility index (Phi) is 5.88. The minimum Gasteiger partial charge on any atom is -0.460 e. The molecule has 1 fully saturated rings. The molecule has 0 saturated carbocycles. The van der Waals surface area contributed by atoms with Crippen LogP contribution in [0.2, 0.25) is 0 Å². The van der Waals surface area contributed by atoms with Crippen molar-refractivity contribution in [3.63, 3.8) is 0 Å². The Bertz CT molecular complexity index is 244. The second-order valence-electron chi connectivity index (χ2n) is 4.85. The first-order chi connectivity index (χ1) is 8.04. The number of esters is 1.